The molecule has 1 aliphatic rings. The topological polar surface area (TPSA) is 78.7 Å². The summed E-state index contributed by atoms with van der Waals surface area (Å²) < 4.78 is 0. The number of hydrogen-bond donors (Lipinski definition) is 2. The summed E-state index contributed by atoms with van der Waals surface area (Å²) in [5, 5.41) is 5.13. The van der Waals surface area contributed by atoms with E-state index in [4.69, 9.17) is 5.73 Å². The van der Waals surface area contributed by atoms with Gasteiger partial charge >= 0.3 is 0 Å². The number of nitrogens with two attached hydrogens (primary N) is 1. The number of thiophene rings is 1. The summed E-state index contributed by atoms with van der Waals surface area (Å²) in [6.07, 6.45) is 0. The summed E-state index contributed by atoms with van der Waals surface area (Å²) in [5.41, 5.74) is 8.38. The molecule has 3 rings (SSSR count). The molecule has 6 nitrogen and oxygen atoms in total. The van der Waals surface area contributed by atoms with Gasteiger partial charge in [-0.15, -0.1) is 11.3 Å². The predicted molar refractivity (Wildman–Crippen MR) is 109 cm³/mol. The van der Waals surface area contributed by atoms with Crippen LogP contribution in [0.3, 0.4) is 0 Å². The Hall–Kier alpha value is -2.22. The fourth-order valence-corrected chi connectivity index (χ4v) is 4.11. The zero-order chi connectivity index (χ0) is 19.4. The van der Waals surface area contributed by atoms with Crippen molar-refractivity contribution in [1.82, 2.24) is 9.80 Å². The molecule has 0 aliphatic carbocycles. The molecule has 7 heteroatoms. The molecule has 3 N–H and O–H groups in total. The summed E-state index contributed by atoms with van der Waals surface area (Å²) in [6, 6.07) is 9.84. The number of aryl methyl sites for hydroxylation is 1. The van der Waals surface area contributed by atoms with Gasteiger partial charge in [-0.25, -0.2) is 0 Å². The van der Waals surface area contributed by atoms with Crippen LogP contribution < -0.4 is 11.1 Å². The molecule has 0 saturated carbocycles. The number of carbonyl (C=O) groups is 2. The highest BCUT2D eigenvalue weighted by Crippen LogP contribution is 2.23. The molecule has 0 unspecified atom stereocenters. The average molecular weight is 387 g/mol. The largest absolute Gasteiger partial charge is 0.366 e. The maximum absolute atomic E-state index is 12.6. The lowest BCUT2D eigenvalue weighted by Crippen LogP contribution is -2.52. The number of nitrogens with one attached hydrogen (secondary N) is 1. The molecule has 1 saturated heterocycles. The molecule has 1 aliphatic heterocycles. The first-order chi connectivity index (χ1) is 13.0. The number of piperazine rings is 1. The summed E-state index contributed by atoms with van der Waals surface area (Å²) in [5.74, 6) is -0.628. The first kappa shape index (κ1) is 19.5. The van der Waals surface area contributed by atoms with Crippen LogP contribution in [0.5, 0.6) is 0 Å². The molecule has 1 atom stereocenters. The molecule has 27 heavy (non-hydrogen) atoms. The van der Waals surface area contributed by atoms with Crippen molar-refractivity contribution in [2.45, 2.75) is 26.4 Å². The van der Waals surface area contributed by atoms with Gasteiger partial charge in [0.05, 0.1) is 11.6 Å². The summed E-state index contributed by atoms with van der Waals surface area (Å²) in [6.45, 7) is 8.53. The number of carbonyl (C=O) groups excluding carboxylic acids is 2. The van der Waals surface area contributed by atoms with E-state index in [2.05, 4.69) is 46.3 Å². The third kappa shape index (κ3) is 4.74. The Labute approximate surface area is 164 Å². The minimum atomic E-state index is -0.524. The van der Waals surface area contributed by atoms with Gasteiger partial charge in [-0.05, 0) is 36.4 Å². The van der Waals surface area contributed by atoms with Crippen molar-refractivity contribution in [1.29, 1.82) is 0 Å². The normalized spacial score (nSPS) is 16.8. The minimum Gasteiger partial charge on any atom is -0.366 e. The van der Waals surface area contributed by atoms with Gasteiger partial charge in [-0.2, -0.15) is 0 Å². The molecule has 0 spiro atoms. The quantitative estimate of drug-likeness (QED) is 0.798. The van der Waals surface area contributed by atoms with Crippen molar-refractivity contribution in [2.75, 3.05) is 31.5 Å². The van der Waals surface area contributed by atoms with Crippen molar-refractivity contribution in [3.05, 3.63) is 52.4 Å². The lowest BCUT2D eigenvalue weighted by atomic mass is 10.1. The number of nitrogens with zero attached hydrogens (tertiary/aromatic N) is 2. The molecular weight excluding hydrogens is 360 g/mol. The first-order valence-corrected chi connectivity index (χ1v) is 10.0. The van der Waals surface area contributed by atoms with Crippen LogP contribution in [-0.4, -0.2) is 53.8 Å². The van der Waals surface area contributed by atoms with E-state index in [9.17, 15) is 9.59 Å². The van der Waals surface area contributed by atoms with Crippen LogP contribution in [0.2, 0.25) is 0 Å². The van der Waals surface area contributed by atoms with Gasteiger partial charge in [0.25, 0.3) is 5.91 Å². The Morgan fingerprint density at radius 3 is 2.56 bits per heavy atom. The van der Waals surface area contributed by atoms with Gasteiger partial charge in [0.15, 0.2) is 0 Å². The number of anilines is 1. The van der Waals surface area contributed by atoms with Crippen LogP contribution >= 0.6 is 11.3 Å². The smallest absolute Gasteiger partial charge is 0.251 e. The van der Waals surface area contributed by atoms with Crippen LogP contribution in [-0.2, 0) is 11.3 Å². The molecule has 1 aromatic carbocycles. The summed E-state index contributed by atoms with van der Waals surface area (Å²) in [4.78, 5) is 28.6. The van der Waals surface area contributed by atoms with E-state index in [0.717, 1.165) is 32.7 Å². The molecule has 2 amide bonds. The Morgan fingerprint density at radius 1 is 1.19 bits per heavy atom. The molecule has 144 valence electrons. The number of hydrogen-bond acceptors (Lipinski definition) is 5. The van der Waals surface area contributed by atoms with Crippen molar-refractivity contribution in [2.24, 2.45) is 5.73 Å². The van der Waals surface area contributed by atoms with E-state index >= 15 is 0 Å². The lowest BCUT2D eigenvalue weighted by Gasteiger charge is -2.37. The van der Waals surface area contributed by atoms with E-state index in [0.29, 0.717) is 10.6 Å². The Kier molecular flexibility index (Phi) is 6.26. The van der Waals surface area contributed by atoms with Crippen molar-refractivity contribution in [3.8, 4) is 0 Å². The first-order valence-electron chi connectivity index (χ1n) is 9.15. The molecule has 1 fully saturated rings. The van der Waals surface area contributed by atoms with Crippen molar-refractivity contribution < 1.29 is 9.59 Å². The standard InChI is InChI=1S/C20H26N4O2S/c1-14-5-3-4-6-16(14)13-23-8-10-24(11-9-23)15(2)19(26)22-20-17(18(21)25)7-12-27-20/h3-7,12,15H,8-11,13H2,1-2H3,(H2,21,25)(H,22,26)/t15-/m0/s1. The number of benzene rings is 1. The molecule has 0 radical (unpaired) electrons. The molecule has 2 heterocycles. The maximum Gasteiger partial charge on any atom is 0.251 e. The Morgan fingerprint density at radius 2 is 1.89 bits per heavy atom. The van der Waals surface area contributed by atoms with E-state index < -0.39 is 5.91 Å². The van der Waals surface area contributed by atoms with Crippen LogP contribution in [0, 0.1) is 6.92 Å². The highest BCUT2D eigenvalue weighted by atomic mass is 32.1. The monoisotopic (exact) mass is 386 g/mol. The Bertz CT molecular complexity index is 812. The van der Waals surface area contributed by atoms with E-state index in [-0.39, 0.29) is 11.9 Å². The molecular formula is C20H26N4O2S. The third-order valence-electron chi connectivity index (χ3n) is 5.16. The lowest BCUT2D eigenvalue weighted by molar-refractivity contribution is -0.121. The van der Waals surface area contributed by atoms with Crippen molar-refractivity contribution >= 4 is 28.2 Å². The van der Waals surface area contributed by atoms with Gasteiger partial charge in [0.1, 0.15) is 5.00 Å². The highest BCUT2D eigenvalue weighted by molar-refractivity contribution is 7.14. The number of amides is 2. The highest BCUT2D eigenvalue weighted by Gasteiger charge is 2.26. The average Bonchev–Trinajstić information content (AvgIpc) is 3.12. The maximum atomic E-state index is 12.6. The van der Waals surface area contributed by atoms with Crippen LogP contribution in [0.1, 0.15) is 28.4 Å². The fraction of sp³-hybridized carbons (Fsp3) is 0.400. The molecule has 2 aromatic rings. The number of rotatable bonds is 6. The van der Waals surface area contributed by atoms with Gasteiger partial charge in [-0.3, -0.25) is 19.4 Å². The van der Waals surface area contributed by atoms with E-state index in [1.807, 2.05) is 6.92 Å². The van der Waals surface area contributed by atoms with Gasteiger partial charge in [0, 0.05) is 32.7 Å². The third-order valence-corrected chi connectivity index (χ3v) is 5.99. The number of primary amides is 1. The van der Waals surface area contributed by atoms with Gasteiger partial charge in [-0.1, -0.05) is 24.3 Å². The SMILES string of the molecule is Cc1ccccc1CN1CCN([C@@H](C)C(=O)Nc2sccc2C(N)=O)CC1. The summed E-state index contributed by atoms with van der Waals surface area (Å²) in [7, 11) is 0. The van der Waals surface area contributed by atoms with Crippen LogP contribution in [0.4, 0.5) is 5.00 Å². The second-order valence-corrected chi connectivity index (χ2v) is 7.85. The molecule has 1 aromatic heterocycles. The second kappa shape index (κ2) is 8.65. The van der Waals surface area contributed by atoms with Gasteiger partial charge in [0.2, 0.25) is 5.91 Å². The van der Waals surface area contributed by atoms with Gasteiger partial charge < -0.3 is 11.1 Å². The Balaban J connectivity index is 1.52. The summed E-state index contributed by atoms with van der Waals surface area (Å²) >= 11 is 1.31. The predicted octanol–water partition coefficient (Wildman–Crippen LogP) is 2.30. The van der Waals surface area contributed by atoms with Crippen LogP contribution in [0.15, 0.2) is 35.7 Å². The van der Waals surface area contributed by atoms with E-state index in [1.54, 1.807) is 11.4 Å². The zero-order valence-corrected chi connectivity index (χ0v) is 16.6. The zero-order valence-electron chi connectivity index (χ0n) is 15.8. The minimum absolute atomic E-state index is 0.104. The molecule has 0 bridgehead atoms. The fourth-order valence-electron chi connectivity index (χ4n) is 3.32. The van der Waals surface area contributed by atoms with Crippen LogP contribution in [0.25, 0.3) is 0 Å². The second-order valence-electron chi connectivity index (χ2n) is 6.93. The van der Waals surface area contributed by atoms with Crippen molar-refractivity contribution in [3.63, 3.8) is 0 Å². The van der Waals surface area contributed by atoms with E-state index in [1.165, 1.54) is 22.5 Å².